The molecule has 0 radical (unpaired) electrons. The number of alkyl halides is 17. The first-order valence-corrected chi connectivity index (χ1v) is 22.1. The molecule has 0 heterocycles. The van der Waals surface area contributed by atoms with E-state index in [1.165, 1.54) is 89.9 Å². The summed E-state index contributed by atoms with van der Waals surface area (Å²) in [5.41, 5.74) is 0.251. The minimum absolute atomic E-state index is 0.0803. The standard InChI is InChI=1S/C40H47F17N2O8Si/c1-23(2)68(24(3)4,22-19-33(41,42)34(43,44)35(45,46)36(47,48)37(49,50)38(51,52)39(53,54)40(55,56)57)66-21-20-65-28-15-11-25(12-16-28)31(29(64-6)9-7-8-10-30(60)59-62)67-32(61)58-26-13-17-27(63-5)18-14-26/h8,10-18,23-24,29,31,62H,7,9,19-22H2,1-6H3,(H,58,61)(H,59,60)/b10-8+/t29-,31-/m0/s1. The highest BCUT2D eigenvalue weighted by molar-refractivity contribution is 6.76. The number of carbonyl (C=O) groups is 2. The third kappa shape index (κ3) is 12.4. The number of amides is 2. The van der Waals surface area contributed by atoms with Gasteiger partial charge < -0.3 is 23.4 Å². The first kappa shape index (κ1) is 59.6. The van der Waals surface area contributed by atoms with Gasteiger partial charge in [0.1, 0.15) is 18.1 Å². The Labute approximate surface area is 378 Å². The van der Waals surface area contributed by atoms with Crippen molar-refractivity contribution in [3.05, 3.63) is 66.2 Å². The van der Waals surface area contributed by atoms with E-state index in [0.29, 0.717) is 17.0 Å². The van der Waals surface area contributed by atoms with Crippen LogP contribution in [-0.2, 0) is 18.7 Å². The molecule has 28 heteroatoms. The van der Waals surface area contributed by atoms with E-state index in [1.807, 2.05) is 0 Å². The van der Waals surface area contributed by atoms with Gasteiger partial charge in [0.05, 0.1) is 19.8 Å². The van der Waals surface area contributed by atoms with Crippen LogP contribution in [0.2, 0.25) is 17.1 Å². The molecule has 0 aliphatic rings. The second-order valence-corrected chi connectivity index (χ2v) is 20.6. The van der Waals surface area contributed by atoms with E-state index in [1.54, 1.807) is 12.1 Å². The molecule has 388 valence electrons. The van der Waals surface area contributed by atoms with Crippen LogP contribution in [-0.4, -0.2) is 107 Å². The molecule has 2 aromatic rings. The highest BCUT2D eigenvalue weighted by atomic mass is 28.4. The lowest BCUT2D eigenvalue weighted by Gasteiger charge is -2.44. The molecular formula is C40H47F17N2O8Si. The summed E-state index contributed by atoms with van der Waals surface area (Å²) in [6, 6.07) is 10.4. The Kier molecular flexibility index (Phi) is 19.7. The molecule has 2 amide bonds. The van der Waals surface area contributed by atoms with Gasteiger partial charge in [0.15, 0.2) is 14.4 Å². The summed E-state index contributed by atoms with van der Waals surface area (Å²) in [5, 5.41) is 11.2. The van der Waals surface area contributed by atoms with Crippen LogP contribution in [0, 0.1) is 0 Å². The molecule has 68 heavy (non-hydrogen) atoms. The molecule has 10 nitrogen and oxygen atoms in total. The van der Waals surface area contributed by atoms with Gasteiger partial charge in [-0.25, -0.2) is 10.3 Å². The molecule has 0 saturated carbocycles. The first-order chi connectivity index (χ1) is 31.0. The van der Waals surface area contributed by atoms with Crippen molar-refractivity contribution in [3.8, 4) is 11.5 Å². The van der Waals surface area contributed by atoms with Gasteiger partial charge in [-0.15, -0.1) is 0 Å². The summed E-state index contributed by atoms with van der Waals surface area (Å²) in [7, 11) is -1.29. The summed E-state index contributed by atoms with van der Waals surface area (Å²) in [5.74, 6) is -57.2. The number of carbonyl (C=O) groups excluding carboxylic acids is 2. The Hall–Kier alpha value is -4.57. The monoisotopic (exact) mass is 1030 g/mol. The van der Waals surface area contributed by atoms with Crippen LogP contribution in [0.15, 0.2) is 60.7 Å². The fourth-order valence-electron chi connectivity index (χ4n) is 6.68. The zero-order valence-corrected chi connectivity index (χ0v) is 37.6. The average molecular weight is 1030 g/mol. The maximum absolute atomic E-state index is 15.0. The molecule has 0 aromatic heterocycles. The van der Waals surface area contributed by atoms with Crippen LogP contribution in [0.1, 0.15) is 58.6 Å². The van der Waals surface area contributed by atoms with Gasteiger partial charge in [-0.1, -0.05) is 45.9 Å². The van der Waals surface area contributed by atoms with E-state index in [0.717, 1.165) is 6.08 Å². The molecule has 0 bridgehead atoms. The van der Waals surface area contributed by atoms with Crippen LogP contribution in [0.3, 0.4) is 0 Å². The highest BCUT2D eigenvalue weighted by Crippen LogP contribution is 2.64. The molecule has 3 N–H and O–H groups in total. The van der Waals surface area contributed by atoms with E-state index in [2.05, 4.69) is 5.32 Å². The molecule has 0 unspecified atom stereocenters. The van der Waals surface area contributed by atoms with Crippen molar-refractivity contribution in [1.82, 2.24) is 5.48 Å². The average Bonchev–Trinajstić information content (AvgIpc) is 3.24. The highest BCUT2D eigenvalue weighted by Gasteiger charge is 2.95. The second-order valence-electron chi connectivity index (χ2n) is 15.6. The number of hydrogen-bond donors (Lipinski definition) is 3. The molecule has 0 aliphatic heterocycles. The van der Waals surface area contributed by atoms with Crippen LogP contribution >= 0.6 is 0 Å². The number of allylic oxidation sites excluding steroid dienone is 1. The van der Waals surface area contributed by atoms with Gasteiger partial charge in [-0.2, -0.15) is 74.6 Å². The van der Waals surface area contributed by atoms with E-state index >= 15 is 8.78 Å². The molecule has 2 rings (SSSR count). The minimum atomic E-state index is -8.71. The third-order valence-electron chi connectivity index (χ3n) is 10.7. The van der Waals surface area contributed by atoms with Gasteiger partial charge in [-0.05, 0) is 71.9 Å². The van der Waals surface area contributed by atoms with Crippen LogP contribution < -0.4 is 20.3 Å². The SMILES string of the molecule is COc1ccc(NC(=O)O[C@@H](c2ccc(OCCO[Si](CCC(F)(F)C(F)(F)C(F)(F)C(F)(F)C(F)(F)C(F)(F)C(F)(F)C(F)(F)F)(C(C)C)C(C)C)cc2)[C@H](CC/C=C/C(=O)NO)OC)cc1. The van der Waals surface area contributed by atoms with Gasteiger partial charge >= 0.3 is 53.7 Å². The smallest absolute Gasteiger partial charge is 0.460 e. The van der Waals surface area contributed by atoms with Gasteiger partial charge in [-0.3, -0.25) is 15.3 Å². The normalized spacial score (nSPS) is 14.9. The zero-order valence-electron chi connectivity index (χ0n) is 36.6. The molecule has 0 fully saturated rings. The van der Waals surface area contributed by atoms with Crippen LogP contribution in [0.25, 0.3) is 0 Å². The van der Waals surface area contributed by atoms with Crippen molar-refractivity contribution in [2.24, 2.45) is 0 Å². The van der Waals surface area contributed by atoms with Gasteiger partial charge in [0, 0.05) is 25.3 Å². The topological polar surface area (TPSA) is 125 Å². The first-order valence-electron chi connectivity index (χ1n) is 19.8. The van der Waals surface area contributed by atoms with E-state index < -0.39 is 117 Å². The maximum Gasteiger partial charge on any atom is 0.460 e. The van der Waals surface area contributed by atoms with Crippen molar-refractivity contribution in [3.63, 3.8) is 0 Å². The Balaban J connectivity index is 2.31. The zero-order chi connectivity index (χ0) is 52.5. The Morgan fingerprint density at radius 3 is 1.62 bits per heavy atom. The van der Waals surface area contributed by atoms with Crippen molar-refractivity contribution in [1.29, 1.82) is 0 Å². The van der Waals surface area contributed by atoms with Gasteiger partial charge in [0.2, 0.25) is 0 Å². The van der Waals surface area contributed by atoms with Crippen LogP contribution in [0.4, 0.5) is 85.1 Å². The Bertz CT molecular complexity index is 1960. The molecule has 2 aromatic carbocycles. The number of hydrogen-bond acceptors (Lipinski definition) is 8. The molecule has 0 spiro atoms. The molecular weight excluding hydrogens is 987 g/mol. The predicted molar refractivity (Wildman–Crippen MR) is 209 cm³/mol. The summed E-state index contributed by atoms with van der Waals surface area (Å²) in [4.78, 5) is 24.4. The number of benzene rings is 2. The van der Waals surface area contributed by atoms with Crippen LogP contribution in [0.5, 0.6) is 11.5 Å². The van der Waals surface area contributed by atoms with Crippen molar-refractivity contribution >= 4 is 26.0 Å². The largest absolute Gasteiger partial charge is 0.497 e. The predicted octanol–water partition coefficient (Wildman–Crippen LogP) is 12.4. The van der Waals surface area contributed by atoms with E-state index in [-0.39, 0.29) is 18.6 Å². The number of ether oxygens (including phenoxy) is 4. The number of anilines is 1. The minimum Gasteiger partial charge on any atom is -0.497 e. The maximum atomic E-state index is 15.0. The lowest BCUT2D eigenvalue weighted by atomic mass is 9.88. The van der Waals surface area contributed by atoms with Crippen molar-refractivity contribution < 1.29 is 113 Å². The van der Waals surface area contributed by atoms with Crippen molar-refractivity contribution in [2.45, 2.75) is 124 Å². The summed E-state index contributed by atoms with van der Waals surface area (Å²) < 4.78 is 264. The third-order valence-corrected chi connectivity index (χ3v) is 16.4. The summed E-state index contributed by atoms with van der Waals surface area (Å²) in [6.45, 7) is 4.22. The molecule has 0 aliphatic carbocycles. The Morgan fingerprint density at radius 1 is 0.676 bits per heavy atom. The number of hydroxylamine groups is 1. The number of halogens is 17. The summed E-state index contributed by atoms with van der Waals surface area (Å²) in [6.07, 6.45) is -10.6. The number of nitrogens with one attached hydrogen (secondary N) is 2. The number of methoxy groups -OCH3 is 2. The fraction of sp³-hybridized carbons (Fsp3) is 0.600. The van der Waals surface area contributed by atoms with E-state index in [4.69, 9.17) is 28.6 Å². The molecule has 0 saturated heterocycles. The number of rotatable bonds is 26. The lowest BCUT2D eigenvalue weighted by molar-refractivity contribution is -0.461. The van der Waals surface area contributed by atoms with Crippen molar-refractivity contribution in [2.75, 3.05) is 32.8 Å². The Morgan fingerprint density at radius 2 is 1.16 bits per heavy atom. The lowest BCUT2D eigenvalue weighted by Crippen LogP contribution is -2.74. The fourth-order valence-corrected chi connectivity index (χ4v) is 11.1. The second kappa shape index (κ2) is 22.5. The summed E-state index contributed by atoms with van der Waals surface area (Å²) >= 11 is 0. The van der Waals surface area contributed by atoms with Gasteiger partial charge in [0.25, 0.3) is 5.91 Å². The quantitative estimate of drug-likeness (QED) is 0.0213. The molecule has 2 atom stereocenters. The van der Waals surface area contributed by atoms with E-state index in [9.17, 15) is 75.4 Å².